The number of aromatic nitrogens is 2. The van der Waals surface area contributed by atoms with Gasteiger partial charge in [0, 0.05) is 64.1 Å². The van der Waals surface area contributed by atoms with E-state index in [1.165, 1.54) is 125 Å². The number of hydrogen-bond acceptors (Lipinski definition) is 1. The highest BCUT2D eigenvalue weighted by molar-refractivity contribution is 7.26. The quantitative estimate of drug-likeness (QED) is 0.163. The van der Waals surface area contributed by atoms with Gasteiger partial charge >= 0.3 is 0 Å². The number of para-hydroxylation sites is 4. The van der Waals surface area contributed by atoms with Gasteiger partial charge < -0.3 is 9.13 Å². The Labute approximate surface area is 386 Å². The average molecular weight is 859 g/mol. The van der Waals surface area contributed by atoms with Gasteiger partial charge in [0.1, 0.15) is 0 Å². The highest BCUT2D eigenvalue weighted by atomic mass is 32.1. The molecule has 0 saturated heterocycles. The Morgan fingerprint density at radius 2 is 0.924 bits per heavy atom. The van der Waals surface area contributed by atoms with E-state index in [4.69, 9.17) is 0 Å². The Balaban J connectivity index is 1.02. The van der Waals surface area contributed by atoms with Gasteiger partial charge in [-0.15, -0.1) is 11.3 Å². The molecule has 0 unspecified atom stereocenters. The van der Waals surface area contributed by atoms with E-state index in [1.54, 1.807) is 0 Å². The first-order chi connectivity index (χ1) is 32.5. The molecule has 310 valence electrons. The van der Waals surface area contributed by atoms with Crippen LogP contribution in [0.5, 0.6) is 0 Å². The van der Waals surface area contributed by atoms with E-state index in [1.807, 2.05) is 11.3 Å². The van der Waals surface area contributed by atoms with Crippen LogP contribution >= 0.6 is 11.3 Å². The zero-order valence-corrected chi connectivity index (χ0v) is 37.4. The maximum absolute atomic E-state index is 2.47. The molecule has 10 aromatic carbocycles. The Bertz CT molecular complexity index is 4140. The number of nitrogens with zero attached hydrogens (tertiary/aromatic N) is 2. The van der Waals surface area contributed by atoms with Gasteiger partial charge in [-0.25, -0.2) is 0 Å². The second kappa shape index (κ2) is 14.0. The molecule has 0 atom stereocenters. The third-order valence-electron chi connectivity index (χ3n) is 14.5. The van der Waals surface area contributed by atoms with Crippen molar-refractivity contribution in [1.82, 2.24) is 9.13 Å². The van der Waals surface area contributed by atoms with Gasteiger partial charge in [0.05, 0.1) is 22.1 Å². The first kappa shape index (κ1) is 37.4. The molecule has 3 heterocycles. The topological polar surface area (TPSA) is 9.86 Å². The maximum atomic E-state index is 2.47. The highest BCUT2D eigenvalue weighted by Crippen LogP contribution is 2.50. The fraction of sp³-hybridized carbons (Fsp3) is 0.0476. The summed E-state index contributed by atoms with van der Waals surface area (Å²) in [5.41, 5.74) is 19.8. The summed E-state index contributed by atoms with van der Waals surface area (Å²) in [6, 6.07) is 81.5. The lowest BCUT2D eigenvalue weighted by molar-refractivity contribution is 0.660. The van der Waals surface area contributed by atoms with Crippen LogP contribution in [0.1, 0.15) is 25.0 Å². The van der Waals surface area contributed by atoms with Crippen LogP contribution in [0.15, 0.2) is 218 Å². The Kier molecular flexibility index (Phi) is 7.94. The predicted molar refractivity (Wildman–Crippen MR) is 282 cm³/mol. The minimum atomic E-state index is -0.0420. The molecule has 2 nitrogen and oxygen atoms in total. The minimum Gasteiger partial charge on any atom is -0.309 e. The van der Waals surface area contributed by atoms with E-state index in [9.17, 15) is 0 Å². The normalized spacial score (nSPS) is 13.1. The van der Waals surface area contributed by atoms with Crippen molar-refractivity contribution in [1.29, 1.82) is 0 Å². The standard InChI is InChI=1S/C63H42N2S/c1-63(2)55-26-10-6-18-47(55)53-38-44(31-32-56(53)63)64-57-27-11-8-20-49(57)54-37-39(30-33-59(54)64)40-34-41(36-42(35-40)46-23-15-25-52-50-21-9-13-29-60(50)66-62(46)52)45-22-14-24-51-48-19-7-12-28-58(48)65(61(45)51)43-16-4-3-5-17-43/h3-38H,1-2H3. The van der Waals surface area contributed by atoms with Gasteiger partial charge in [0.2, 0.25) is 0 Å². The number of thiophene rings is 1. The number of hydrogen-bond donors (Lipinski definition) is 0. The van der Waals surface area contributed by atoms with Gasteiger partial charge in [-0.2, -0.15) is 0 Å². The summed E-state index contributed by atoms with van der Waals surface area (Å²) >= 11 is 1.89. The van der Waals surface area contributed by atoms with Gasteiger partial charge in [0.15, 0.2) is 0 Å². The lowest BCUT2D eigenvalue weighted by Gasteiger charge is -2.21. The summed E-state index contributed by atoms with van der Waals surface area (Å²) in [5.74, 6) is 0. The van der Waals surface area contributed by atoms with Crippen molar-refractivity contribution in [2.24, 2.45) is 0 Å². The van der Waals surface area contributed by atoms with E-state index < -0.39 is 0 Å². The van der Waals surface area contributed by atoms with Crippen LogP contribution in [-0.2, 0) is 5.41 Å². The Morgan fingerprint density at radius 3 is 1.76 bits per heavy atom. The third kappa shape index (κ3) is 5.35. The van der Waals surface area contributed by atoms with E-state index >= 15 is 0 Å². The molecule has 0 radical (unpaired) electrons. The molecular weight excluding hydrogens is 817 g/mol. The molecule has 0 bridgehead atoms. The molecule has 0 N–H and O–H groups in total. The van der Waals surface area contributed by atoms with Gasteiger partial charge in [-0.1, -0.05) is 159 Å². The molecular formula is C63H42N2S. The summed E-state index contributed by atoms with van der Waals surface area (Å²) in [5, 5.41) is 7.61. The second-order valence-corrected chi connectivity index (χ2v) is 19.5. The highest BCUT2D eigenvalue weighted by Gasteiger charge is 2.35. The second-order valence-electron chi connectivity index (χ2n) is 18.5. The minimum absolute atomic E-state index is 0.0420. The summed E-state index contributed by atoms with van der Waals surface area (Å²) in [6.07, 6.45) is 0. The third-order valence-corrected chi connectivity index (χ3v) is 15.7. The lowest BCUT2D eigenvalue weighted by Crippen LogP contribution is -2.14. The van der Waals surface area contributed by atoms with E-state index in [2.05, 4.69) is 241 Å². The van der Waals surface area contributed by atoms with Crippen LogP contribution in [0.4, 0.5) is 0 Å². The molecule has 66 heavy (non-hydrogen) atoms. The summed E-state index contributed by atoms with van der Waals surface area (Å²) in [4.78, 5) is 0. The number of fused-ring (bicyclic) bond motifs is 12. The summed E-state index contributed by atoms with van der Waals surface area (Å²) in [7, 11) is 0. The molecule has 13 aromatic rings. The fourth-order valence-electron chi connectivity index (χ4n) is 11.5. The van der Waals surface area contributed by atoms with Crippen LogP contribution in [0.25, 0.3) is 120 Å². The fourth-order valence-corrected chi connectivity index (χ4v) is 12.7. The molecule has 0 spiro atoms. The average Bonchev–Trinajstić information content (AvgIpc) is 4.09. The molecule has 1 aliphatic rings. The largest absolute Gasteiger partial charge is 0.309 e. The van der Waals surface area contributed by atoms with Crippen LogP contribution in [0.2, 0.25) is 0 Å². The predicted octanol–water partition coefficient (Wildman–Crippen LogP) is 17.6. The first-order valence-corrected chi connectivity index (χ1v) is 23.7. The van der Waals surface area contributed by atoms with Crippen molar-refractivity contribution in [3.05, 3.63) is 230 Å². The number of rotatable bonds is 5. The van der Waals surface area contributed by atoms with Crippen molar-refractivity contribution in [3.8, 4) is 55.9 Å². The molecule has 0 aliphatic heterocycles. The molecule has 0 amide bonds. The molecule has 1 aliphatic carbocycles. The van der Waals surface area contributed by atoms with Gasteiger partial charge in [-0.3, -0.25) is 0 Å². The lowest BCUT2D eigenvalue weighted by atomic mass is 9.82. The van der Waals surface area contributed by atoms with Gasteiger partial charge in [0.25, 0.3) is 0 Å². The smallest absolute Gasteiger partial charge is 0.0619 e. The monoisotopic (exact) mass is 858 g/mol. The molecule has 0 fully saturated rings. The van der Waals surface area contributed by atoms with Crippen molar-refractivity contribution < 1.29 is 0 Å². The zero-order chi connectivity index (χ0) is 43.7. The zero-order valence-electron chi connectivity index (χ0n) is 36.6. The SMILES string of the molecule is CC1(C)c2ccccc2-c2cc(-n3c4ccccc4c4cc(-c5cc(-c6cccc7c6sc6ccccc67)cc(-c6cccc7c8ccccc8n(-c8ccccc8)c67)c5)ccc43)ccc21. The molecule has 0 saturated carbocycles. The van der Waals surface area contributed by atoms with Crippen molar-refractivity contribution >= 4 is 75.1 Å². The van der Waals surface area contributed by atoms with Crippen LogP contribution in [0, 0.1) is 0 Å². The van der Waals surface area contributed by atoms with E-state index in [0.29, 0.717) is 0 Å². The van der Waals surface area contributed by atoms with Crippen LogP contribution < -0.4 is 0 Å². The van der Waals surface area contributed by atoms with Crippen LogP contribution in [0.3, 0.4) is 0 Å². The van der Waals surface area contributed by atoms with Crippen molar-refractivity contribution in [2.75, 3.05) is 0 Å². The van der Waals surface area contributed by atoms with Crippen molar-refractivity contribution in [2.45, 2.75) is 19.3 Å². The molecule has 3 heteroatoms. The number of benzene rings is 10. The molecule has 3 aromatic heterocycles. The Hall–Kier alpha value is -7.98. The van der Waals surface area contributed by atoms with E-state index in [-0.39, 0.29) is 5.41 Å². The summed E-state index contributed by atoms with van der Waals surface area (Å²) in [6.45, 7) is 4.71. The van der Waals surface area contributed by atoms with E-state index in [0.717, 1.165) is 5.69 Å². The first-order valence-electron chi connectivity index (χ1n) is 22.9. The van der Waals surface area contributed by atoms with Crippen molar-refractivity contribution in [3.63, 3.8) is 0 Å². The maximum Gasteiger partial charge on any atom is 0.0619 e. The molecule has 14 rings (SSSR count). The van der Waals surface area contributed by atoms with Gasteiger partial charge in [-0.05, 0) is 123 Å². The van der Waals surface area contributed by atoms with Crippen LogP contribution in [-0.4, -0.2) is 9.13 Å². The Morgan fingerprint density at radius 1 is 0.333 bits per heavy atom. The summed E-state index contributed by atoms with van der Waals surface area (Å²) < 4.78 is 7.55.